The number of hydrogen-bond donors (Lipinski definition) is 2. The first-order valence-corrected chi connectivity index (χ1v) is 4.19. The number of hydrogen-bond acceptors (Lipinski definition) is 3. The van der Waals surface area contributed by atoms with Gasteiger partial charge in [-0.1, -0.05) is 6.92 Å². The van der Waals surface area contributed by atoms with Crippen LogP contribution >= 0.6 is 0 Å². The third kappa shape index (κ3) is 1.64. The molecule has 0 radical (unpaired) electrons. The number of aromatic hydroxyl groups is 1. The van der Waals surface area contributed by atoms with Crippen molar-refractivity contribution in [2.75, 3.05) is 5.73 Å². The molecule has 0 saturated carbocycles. The molecule has 0 saturated heterocycles. The first-order chi connectivity index (χ1) is 6.07. The zero-order chi connectivity index (χ0) is 10.0. The van der Waals surface area contributed by atoms with Gasteiger partial charge in [0.15, 0.2) is 5.78 Å². The second kappa shape index (κ2) is 3.47. The van der Waals surface area contributed by atoms with Crippen LogP contribution < -0.4 is 5.73 Å². The van der Waals surface area contributed by atoms with E-state index in [1.54, 1.807) is 19.9 Å². The van der Waals surface area contributed by atoms with Gasteiger partial charge in [0.2, 0.25) is 0 Å². The standard InChI is InChI=1S/C10H13NO2/c1-3-8(12)7-4-5-9(13)6(2)10(7)11/h4-5,13H,3,11H2,1-2H3. The summed E-state index contributed by atoms with van der Waals surface area (Å²) in [4.78, 5) is 11.3. The Labute approximate surface area is 77.2 Å². The number of Topliss-reactive ketones (excluding diaryl/α,β-unsaturated/α-hetero) is 1. The molecular formula is C10H13NO2. The predicted molar refractivity (Wildman–Crippen MR) is 51.9 cm³/mol. The van der Waals surface area contributed by atoms with E-state index < -0.39 is 0 Å². The summed E-state index contributed by atoms with van der Waals surface area (Å²) < 4.78 is 0. The SMILES string of the molecule is CCC(=O)c1ccc(O)c(C)c1N. The topological polar surface area (TPSA) is 63.3 Å². The minimum absolute atomic E-state index is 0.000556. The monoisotopic (exact) mass is 179 g/mol. The molecule has 0 aliphatic heterocycles. The number of phenolic OH excluding ortho intramolecular Hbond substituents is 1. The quantitative estimate of drug-likeness (QED) is 0.538. The first kappa shape index (κ1) is 9.58. The maximum atomic E-state index is 11.3. The number of nitrogens with two attached hydrogens (primary N) is 1. The molecule has 0 heterocycles. The Morgan fingerprint density at radius 2 is 2.15 bits per heavy atom. The third-order valence-electron chi connectivity index (χ3n) is 2.11. The van der Waals surface area contributed by atoms with Gasteiger partial charge in [-0.25, -0.2) is 0 Å². The molecule has 1 rings (SSSR count). The highest BCUT2D eigenvalue weighted by Gasteiger charge is 2.11. The van der Waals surface area contributed by atoms with Crippen molar-refractivity contribution in [1.29, 1.82) is 0 Å². The van der Waals surface area contributed by atoms with E-state index in [1.807, 2.05) is 0 Å². The second-order valence-electron chi connectivity index (χ2n) is 2.95. The molecular weight excluding hydrogens is 166 g/mol. The molecule has 3 nitrogen and oxygen atoms in total. The minimum atomic E-state index is 0.000556. The second-order valence-corrected chi connectivity index (χ2v) is 2.95. The van der Waals surface area contributed by atoms with Gasteiger partial charge in [-0.15, -0.1) is 0 Å². The Morgan fingerprint density at radius 3 is 2.69 bits per heavy atom. The fraction of sp³-hybridized carbons (Fsp3) is 0.300. The molecule has 3 N–H and O–H groups in total. The lowest BCUT2D eigenvalue weighted by atomic mass is 10.0. The first-order valence-electron chi connectivity index (χ1n) is 4.19. The normalized spacial score (nSPS) is 10.0. The summed E-state index contributed by atoms with van der Waals surface area (Å²) in [5, 5.41) is 9.29. The highest BCUT2D eigenvalue weighted by atomic mass is 16.3. The Kier molecular flexibility index (Phi) is 2.56. The zero-order valence-electron chi connectivity index (χ0n) is 7.79. The zero-order valence-corrected chi connectivity index (χ0v) is 7.79. The molecule has 0 aliphatic rings. The highest BCUT2D eigenvalue weighted by molar-refractivity contribution is 6.01. The minimum Gasteiger partial charge on any atom is -0.508 e. The van der Waals surface area contributed by atoms with Crippen LogP contribution in [0.2, 0.25) is 0 Å². The van der Waals surface area contributed by atoms with Crippen LogP contribution in [0, 0.1) is 6.92 Å². The lowest BCUT2D eigenvalue weighted by Gasteiger charge is -2.07. The maximum absolute atomic E-state index is 11.3. The average molecular weight is 179 g/mol. The van der Waals surface area contributed by atoms with Crippen LogP contribution in [0.3, 0.4) is 0 Å². The summed E-state index contributed by atoms with van der Waals surface area (Å²) in [6.07, 6.45) is 0.425. The van der Waals surface area contributed by atoms with Crippen molar-refractivity contribution in [3.63, 3.8) is 0 Å². The number of anilines is 1. The molecule has 1 aromatic carbocycles. The number of nitrogen functional groups attached to an aromatic ring is 1. The number of phenols is 1. The van der Waals surface area contributed by atoms with Gasteiger partial charge in [0.1, 0.15) is 5.75 Å². The van der Waals surface area contributed by atoms with Crippen LogP contribution in [0.1, 0.15) is 29.3 Å². The van der Waals surface area contributed by atoms with Gasteiger partial charge >= 0.3 is 0 Å². The van der Waals surface area contributed by atoms with Crippen LogP contribution in [0.4, 0.5) is 5.69 Å². The average Bonchev–Trinajstić information content (AvgIpc) is 2.13. The van der Waals surface area contributed by atoms with Gasteiger partial charge < -0.3 is 10.8 Å². The van der Waals surface area contributed by atoms with Crippen molar-refractivity contribution in [2.45, 2.75) is 20.3 Å². The number of carbonyl (C=O) groups excluding carboxylic acids is 1. The van der Waals surface area contributed by atoms with Gasteiger partial charge in [-0.2, -0.15) is 0 Å². The van der Waals surface area contributed by atoms with E-state index in [9.17, 15) is 9.90 Å². The molecule has 0 aromatic heterocycles. The predicted octanol–water partition coefficient (Wildman–Crippen LogP) is 1.88. The van der Waals surface area contributed by atoms with E-state index in [2.05, 4.69) is 0 Å². The molecule has 0 amide bonds. The Balaban J connectivity index is 3.26. The van der Waals surface area contributed by atoms with Crippen LogP contribution in [-0.2, 0) is 0 Å². The fourth-order valence-corrected chi connectivity index (χ4v) is 1.15. The molecule has 70 valence electrons. The van der Waals surface area contributed by atoms with Crippen molar-refractivity contribution in [3.05, 3.63) is 23.3 Å². The summed E-state index contributed by atoms with van der Waals surface area (Å²) in [6, 6.07) is 3.05. The van der Waals surface area contributed by atoms with E-state index in [0.717, 1.165) is 0 Å². The molecule has 0 unspecified atom stereocenters. The Bertz CT molecular complexity index is 345. The maximum Gasteiger partial charge on any atom is 0.164 e. The van der Waals surface area contributed by atoms with E-state index in [4.69, 9.17) is 5.73 Å². The summed E-state index contributed by atoms with van der Waals surface area (Å²) >= 11 is 0. The van der Waals surface area contributed by atoms with Crippen LogP contribution in [0.5, 0.6) is 5.75 Å². The van der Waals surface area contributed by atoms with E-state index in [1.165, 1.54) is 6.07 Å². The van der Waals surface area contributed by atoms with Crippen molar-refractivity contribution < 1.29 is 9.90 Å². The fourth-order valence-electron chi connectivity index (χ4n) is 1.15. The van der Waals surface area contributed by atoms with Crippen molar-refractivity contribution in [1.82, 2.24) is 0 Å². The number of rotatable bonds is 2. The van der Waals surface area contributed by atoms with E-state index in [-0.39, 0.29) is 11.5 Å². The lowest BCUT2D eigenvalue weighted by Crippen LogP contribution is -2.03. The van der Waals surface area contributed by atoms with Gasteiger partial charge in [0.05, 0.1) is 0 Å². The molecule has 1 aromatic rings. The number of carbonyl (C=O) groups is 1. The van der Waals surface area contributed by atoms with Crippen LogP contribution in [0.25, 0.3) is 0 Å². The number of ketones is 1. The molecule has 0 aliphatic carbocycles. The molecule has 0 fully saturated rings. The molecule has 3 heteroatoms. The molecule has 0 spiro atoms. The van der Waals surface area contributed by atoms with Crippen molar-refractivity contribution in [2.24, 2.45) is 0 Å². The van der Waals surface area contributed by atoms with Crippen molar-refractivity contribution >= 4 is 11.5 Å². The summed E-state index contributed by atoms with van der Waals surface area (Å²) in [5.41, 5.74) is 7.13. The Morgan fingerprint density at radius 1 is 1.54 bits per heavy atom. The number of benzene rings is 1. The largest absolute Gasteiger partial charge is 0.508 e. The Hall–Kier alpha value is -1.51. The summed E-state index contributed by atoms with van der Waals surface area (Å²) in [5.74, 6) is 0.130. The van der Waals surface area contributed by atoms with Gasteiger partial charge in [-0.3, -0.25) is 4.79 Å². The van der Waals surface area contributed by atoms with Gasteiger partial charge in [0.25, 0.3) is 0 Å². The van der Waals surface area contributed by atoms with Gasteiger partial charge in [-0.05, 0) is 19.1 Å². The summed E-state index contributed by atoms with van der Waals surface area (Å²) in [7, 11) is 0. The van der Waals surface area contributed by atoms with Gasteiger partial charge in [0, 0.05) is 23.2 Å². The van der Waals surface area contributed by atoms with Crippen LogP contribution in [-0.4, -0.2) is 10.9 Å². The van der Waals surface area contributed by atoms with Crippen LogP contribution in [0.15, 0.2) is 12.1 Å². The molecule has 0 atom stereocenters. The smallest absolute Gasteiger partial charge is 0.164 e. The van der Waals surface area contributed by atoms with E-state index >= 15 is 0 Å². The summed E-state index contributed by atoms with van der Waals surface area (Å²) in [6.45, 7) is 3.47. The lowest BCUT2D eigenvalue weighted by molar-refractivity contribution is 0.0989. The third-order valence-corrected chi connectivity index (χ3v) is 2.11. The molecule has 0 bridgehead atoms. The molecule has 13 heavy (non-hydrogen) atoms. The highest BCUT2D eigenvalue weighted by Crippen LogP contribution is 2.26. The van der Waals surface area contributed by atoms with Crippen molar-refractivity contribution in [3.8, 4) is 5.75 Å². The van der Waals surface area contributed by atoms with E-state index in [0.29, 0.717) is 23.2 Å².